The van der Waals surface area contributed by atoms with E-state index in [4.69, 9.17) is 0 Å². The van der Waals surface area contributed by atoms with Crippen LogP contribution in [0.1, 0.15) is 16.9 Å². The van der Waals surface area contributed by atoms with Crippen molar-refractivity contribution in [3.63, 3.8) is 0 Å². The number of aryl methyl sites for hydroxylation is 2. The van der Waals surface area contributed by atoms with E-state index < -0.39 is 0 Å². The summed E-state index contributed by atoms with van der Waals surface area (Å²) in [5.41, 5.74) is 2.40. The summed E-state index contributed by atoms with van der Waals surface area (Å²) in [7, 11) is 1.93. The molecular weight excluding hydrogens is 336 g/mol. The van der Waals surface area contributed by atoms with Crippen molar-refractivity contribution >= 4 is 17.0 Å². The van der Waals surface area contributed by atoms with Crippen molar-refractivity contribution in [2.75, 3.05) is 6.54 Å². The van der Waals surface area contributed by atoms with Crippen LogP contribution in [0.4, 0.5) is 5.69 Å². The molecular formula is C18H20N4O2S. The average molecular weight is 356 g/mol. The highest BCUT2D eigenvalue weighted by molar-refractivity contribution is 7.15. The predicted octanol–water partition coefficient (Wildman–Crippen LogP) is 3.78. The number of benzene rings is 1. The highest BCUT2D eigenvalue weighted by Gasteiger charge is 2.07. The number of nitrogens with one attached hydrogen (secondary N) is 1. The molecule has 7 heteroatoms. The molecule has 0 amide bonds. The van der Waals surface area contributed by atoms with E-state index >= 15 is 0 Å². The molecule has 1 N–H and O–H groups in total. The third kappa shape index (κ3) is 4.74. The van der Waals surface area contributed by atoms with Gasteiger partial charge in [-0.3, -0.25) is 14.8 Å². The number of non-ortho nitro benzene ring substituents is 1. The molecule has 0 aliphatic carbocycles. The number of nitro groups is 1. The second-order valence-electron chi connectivity index (χ2n) is 5.87. The second kappa shape index (κ2) is 8.04. The van der Waals surface area contributed by atoms with Crippen molar-refractivity contribution in [3.05, 3.63) is 69.3 Å². The van der Waals surface area contributed by atoms with Crippen molar-refractivity contribution in [2.24, 2.45) is 7.05 Å². The number of hydrogen-bond donors (Lipinski definition) is 1. The molecule has 0 saturated heterocycles. The van der Waals surface area contributed by atoms with Crippen molar-refractivity contribution in [2.45, 2.75) is 19.4 Å². The average Bonchev–Trinajstić information content (AvgIpc) is 3.24. The molecule has 2 aromatic heterocycles. The minimum absolute atomic E-state index is 0.121. The molecule has 25 heavy (non-hydrogen) atoms. The van der Waals surface area contributed by atoms with Gasteiger partial charge in [-0.25, -0.2) is 0 Å². The van der Waals surface area contributed by atoms with Crippen LogP contribution in [0.3, 0.4) is 0 Å². The van der Waals surface area contributed by atoms with Gasteiger partial charge in [0.2, 0.25) is 0 Å². The Kier molecular flexibility index (Phi) is 5.57. The van der Waals surface area contributed by atoms with E-state index in [1.165, 1.54) is 10.4 Å². The van der Waals surface area contributed by atoms with Crippen LogP contribution in [0.5, 0.6) is 0 Å². The van der Waals surface area contributed by atoms with Gasteiger partial charge in [-0.05, 0) is 54.8 Å². The van der Waals surface area contributed by atoms with E-state index in [2.05, 4.69) is 28.7 Å². The van der Waals surface area contributed by atoms with E-state index in [-0.39, 0.29) is 10.6 Å². The molecule has 3 aromatic rings. The zero-order chi connectivity index (χ0) is 17.6. The van der Waals surface area contributed by atoms with Gasteiger partial charge in [0.1, 0.15) is 0 Å². The Balaban J connectivity index is 1.46. The van der Waals surface area contributed by atoms with Crippen LogP contribution in [0.2, 0.25) is 0 Å². The number of thiophene rings is 1. The summed E-state index contributed by atoms with van der Waals surface area (Å²) >= 11 is 1.71. The summed E-state index contributed by atoms with van der Waals surface area (Å²) in [4.78, 5) is 12.7. The lowest BCUT2D eigenvalue weighted by molar-refractivity contribution is -0.384. The van der Waals surface area contributed by atoms with Crippen LogP contribution in [0, 0.1) is 10.1 Å². The summed E-state index contributed by atoms with van der Waals surface area (Å²) < 4.78 is 1.83. The minimum atomic E-state index is -0.376. The third-order valence-electron chi connectivity index (χ3n) is 3.90. The standard InChI is InChI=1S/C18H20N4O2S/c1-21-13-14(11-20-21)3-2-10-19-12-17-8-9-18(25-17)15-4-6-16(7-5-15)22(23)24/h4-9,11,13,19H,2-3,10,12H2,1H3. The SMILES string of the molecule is Cn1cc(CCCNCc2ccc(-c3ccc([N+](=O)[O-])cc3)s2)cn1. The first-order valence-electron chi connectivity index (χ1n) is 8.13. The third-order valence-corrected chi connectivity index (χ3v) is 5.04. The van der Waals surface area contributed by atoms with Crippen molar-refractivity contribution in [1.29, 1.82) is 0 Å². The minimum Gasteiger partial charge on any atom is -0.312 e. The Hall–Kier alpha value is -2.51. The first-order chi connectivity index (χ1) is 12.1. The molecule has 0 unspecified atom stereocenters. The van der Waals surface area contributed by atoms with E-state index in [1.807, 2.05) is 17.9 Å². The van der Waals surface area contributed by atoms with E-state index in [0.29, 0.717) is 0 Å². The largest absolute Gasteiger partial charge is 0.312 e. The maximum Gasteiger partial charge on any atom is 0.269 e. The molecule has 0 bridgehead atoms. The van der Waals surface area contributed by atoms with Crippen molar-refractivity contribution in [3.8, 4) is 10.4 Å². The fraction of sp³-hybridized carbons (Fsp3) is 0.278. The Labute approximate surface area is 150 Å². The number of aromatic nitrogens is 2. The van der Waals surface area contributed by atoms with Gasteiger partial charge >= 0.3 is 0 Å². The van der Waals surface area contributed by atoms with Crippen LogP contribution in [0.25, 0.3) is 10.4 Å². The summed E-state index contributed by atoms with van der Waals surface area (Å²) in [6.07, 6.45) is 6.07. The Morgan fingerprint density at radius 3 is 2.72 bits per heavy atom. The van der Waals surface area contributed by atoms with E-state index in [9.17, 15) is 10.1 Å². The van der Waals surface area contributed by atoms with E-state index in [0.717, 1.165) is 36.4 Å². The molecule has 6 nitrogen and oxygen atoms in total. The molecule has 130 valence electrons. The van der Waals surface area contributed by atoms with Crippen LogP contribution >= 0.6 is 11.3 Å². The maximum atomic E-state index is 10.7. The predicted molar refractivity (Wildman–Crippen MR) is 99.6 cm³/mol. The van der Waals surface area contributed by atoms with Gasteiger partial charge in [0.25, 0.3) is 5.69 Å². The first kappa shape index (κ1) is 17.3. The van der Waals surface area contributed by atoms with E-state index in [1.54, 1.807) is 35.6 Å². The van der Waals surface area contributed by atoms with Gasteiger partial charge < -0.3 is 5.32 Å². The summed E-state index contributed by atoms with van der Waals surface area (Å²) in [5.74, 6) is 0. The number of nitro benzene ring substituents is 1. The van der Waals surface area contributed by atoms with Gasteiger partial charge in [-0.15, -0.1) is 11.3 Å². The highest BCUT2D eigenvalue weighted by Crippen LogP contribution is 2.29. The Morgan fingerprint density at radius 1 is 1.24 bits per heavy atom. The number of nitrogens with zero attached hydrogens (tertiary/aromatic N) is 3. The fourth-order valence-corrected chi connectivity index (χ4v) is 3.59. The van der Waals surface area contributed by atoms with Crippen LogP contribution in [-0.4, -0.2) is 21.2 Å². The molecule has 2 heterocycles. The molecule has 0 spiro atoms. The molecule has 0 aliphatic rings. The Bertz CT molecular complexity index is 839. The van der Waals surface area contributed by atoms with Gasteiger partial charge in [0, 0.05) is 41.7 Å². The molecule has 0 saturated carbocycles. The van der Waals surface area contributed by atoms with Crippen molar-refractivity contribution < 1.29 is 4.92 Å². The number of hydrogen-bond acceptors (Lipinski definition) is 5. The maximum absolute atomic E-state index is 10.7. The summed E-state index contributed by atoms with van der Waals surface area (Å²) in [5, 5.41) is 18.3. The molecule has 3 rings (SSSR count). The summed E-state index contributed by atoms with van der Waals surface area (Å²) in [6, 6.07) is 10.9. The lowest BCUT2D eigenvalue weighted by atomic mass is 10.2. The van der Waals surface area contributed by atoms with Gasteiger partial charge in [-0.1, -0.05) is 0 Å². The zero-order valence-corrected chi connectivity index (χ0v) is 14.8. The second-order valence-corrected chi connectivity index (χ2v) is 7.04. The van der Waals surface area contributed by atoms with Gasteiger partial charge in [-0.2, -0.15) is 5.10 Å². The smallest absolute Gasteiger partial charge is 0.269 e. The molecule has 0 aliphatic heterocycles. The molecule has 0 fully saturated rings. The number of rotatable bonds is 8. The molecule has 1 aromatic carbocycles. The van der Waals surface area contributed by atoms with Crippen LogP contribution < -0.4 is 5.32 Å². The topological polar surface area (TPSA) is 73.0 Å². The Morgan fingerprint density at radius 2 is 2.04 bits per heavy atom. The summed E-state index contributed by atoms with van der Waals surface area (Å²) in [6.45, 7) is 1.80. The first-order valence-corrected chi connectivity index (χ1v) is 8.95. The fourth-order valence-electron chi connectivity index (χ4n) is 2.61. The lowest BCUT2D eigenvalue weighted by Crippen LogP contribution is -2.14. The van der Waals surface area contributed by atoms with Gasteiger partial charge in [0.05, 0.1) is 11.1 Å². The van der Waals surface area contributed by atoms with Gasteiger partial charge in [0.15, 0.2) is 0 Å². The normalized spacial score (nSPS) is 10.9. The van der Waals surface area contributed by atoms with Crippen LogP contribution in [0.15, 0.2) is 48.8 Å². The molecule has 0 atom stereocenters. The quantitative estimate of drug-likeness (QED) is 0.379. The molecule has 0 radical (unpaired) electrons. The zero-order valence-electron chi connectivity index (χ0n) is 14.0. The van der Waals surface area contributed by atoms with Crippen LogP contribution in [-0.2, 0) is 20.0 Å². The lowest BCUT2D eigenvalue weighted by Gasteiger charge is -2.02. The monoisotopic (exact) mass is 356 g/mol. The highest BCUT2D eigenvalue weighted by atomic mass is 32.1. The van der Waals surface area contributed by atoms with Crippen molar-refractivity contribution in [1.82, 2.24) is 15.1 Å².